The minimum Gasteiger partial charge on any atom is -0.441 e. The van der Waals surface area contributed by atoms with Gasteiger partial charge in [-0.2, -0.15) is 0 Å². The molecule has 1 fully saturated rings. The van der Waals surface area contributed by atoms with Crippen LogP contribution in [-0.2, 0) is 22.4 Å². The zero-order valence-corrected chi connectivity index (χ0v) is 20.5. The van der Waals surface area contributed by atoms with E-state index in [4.69, 9.17) is 9.15 Å². The molecule has 2 atom stereocenters. The van der Waals surface area contributed by atoms with Gasteiger partial charge in [0.25, 0.3) is 0 Å². The van der Waals surface area contributed by atoms with Gasteiger partial charge in [0.1, 0.15) is 0 Å². The molecule has 1 aliphatic heterocycles. The van der Waals surface area contributed by atoms with Crippen LogP contribution in [0.25, 0.3) is 11.3 Å². The minimum absolute atomic E-state index is 0.0187. The maximum absolute atomic E-state index is 12.5. The summed E-state index contributed by atoms with van der Waals surface area (Å²) in [5.74, 6) is 1.99. The minimum atomic E-state index is -0.125. The van der Waals surface area contributed by atoms with Crippen molar-refractivity contribution in [2.75, 3.05) is 19.6 Å². The van der Waals surface area contributed by atoms with Crippen molar-refractivity contribution in [1.29, 1.82) is 0 Å². The van der Waals surface area contributed by atoms with Crippen molar-refractivity contribution >= 4 is 5.91 Å². The van der Waals surface area contributed by atoms with E-state index in [9.17, 15) is 4.79 Å². The maximum atomic E-state index is 12.5. The zero-order chi connectivity index (χ0) is 23.3. The molecule has 3 rings (SSSR count). The molecule has 2 aromatic rings. The highest BCUT2D eigenvalue weighted by atomic mass is 16.5. The number of oxazole rings is 1. The quantitative estimate of drug-likeness (QED) is 0.622. The molecular weight excluding hydrogens is 402 g/mol. The first-order valence-electron chi connectivity index (χ1n) is 11.8. The Labute approximate surface area is 192 Å². The highest BCUT2D eigenvalue weighted by Gasteiger charge is 2.33. The largest absolute Gasteiger partial charge is 0.441 e. The number of ether oxygens (including phenoxy) is 1. The lowest BCUT2D eigenvalue weighted by molar-refractivity contribution is -0.123. The zero-order valence-electron chi connectivity index (χ0n) is 20.5. The molecule has 1 N–H and O–H groups in total. The Morgan fingerprint density at radius 3 is 2.47 bits per heavy atom. The lowest BCUT2D eigenvalue weighted by Gasteiger charge is -2.45. The fraction of sp³-hybridized carbons (Fsp3) is 0.615. The molecule has 1 saturated heterocycles. The molecule has 0 saturated carbocycles. The van der Waals surface area contributed by atoms with Gasteiger partial charge in [-0.3, -0.25) is 9.69 Å². The molecule has 0 radical (unpaired) electrons. The molecule has 176 valence electrons. The Kier molecular flexibility index (Phi) is 8.12. The molecule has 0 spiro atoms. The first kappa shape index (κ1) is 24.5. The van der Waals surface area contributed by atoms with E-state index in [1.165, 1.54) is 5.56 Å². The van der Waals surface area contributed by atoms with Crippen molar-refractivity contribution in [1.82, 2.24) is 15.2 Å². The average molecular weight is 442 g/mol. The molecule has 1 amide bonds. The van der Waals surface area contributed by atoms with E-state index in [1.807, 2.05) is 0 Å². The molecule has 0 bridgehead atoms. The number of aryl methyl sites for hydroxylation is 1. The summed E-state index contributed by atoms with van der Waals surface area (Å²) in [4.78, 5) is 19.2. The molecule has 6 heteroatoms. The van der Waals surface area contributed by atoms with E-state index >= 15 is 0 Å². The standard InChI is InChI=1S/C26H39N3O3/c1-18(2)13-21-7-9-22(10-8-21)23-14-27-25(32-23)12-11-24(30)28-17-26(5,6)29-15-19(3)31-20(4)16-29/h7-10,14,18-20H,11-13,15-17H2,1-6H3,(H,28,30). The summed E-state index contributed by atoms with van der Waals surface area (Å²) in [6, 6.07) is 8.43. The van der Waals surface area contributed by atoms with Gasteiger partial charge >= 0.3 is 0 Å². The average Bonchev–Trinajstić information content (AvgIpc) is 3.19. The number of rotatable bonds is 9. The van der Waals surface area contributed by atoms with Gasteiger partial charge in [0, 0.05) is 43.6 Å². The Hall–Kier alpha value is -2.18. The fourth-order valence-corrected chi connectivity index (χ4v) is 4.24. The summed E-state index contributed by atoms with van der Waals surface area (Å²) in [5, 5.41) is 3.09. The predicted molar refractivity (Wildman–Crippen MR) is 127 cm³/mol. The number of hydrogen-bond acceptors (Lipinski definition) is 5. The predicted octanol–water partition coefficient (Wildman–Crippen LogP) is 4.48. The van der Waals surface area contributed by atoms with Crippen molar-refractivity contribution in [2.45, 2.75) is 78.6 Å². The third-order valence-corrected chi connectivity index (χ3v) is 6.00. The van der Waals surface area contributed by atoms with Gasteiger partial charge < -0.3 is 14.5 Å². The first-order chi connectivity index (χ1) is 15.1. The van der Waals surface area contributed by atoms with Gasteiger partial charge in [-0.25, -0.2) is 4.98 Å². The second kappa shape index (κ2) is 10.6. The van der Waals surface area contributed by atoms with Gasteiger partial charge in [-0.05, 0) is 45.6 Å². The van der Waals surface area contributed by atoms with Gasteiger partial charge in [0.05, 0.1) is 18.4 Å². The smallest absolute Gasteiger partial charge is 0.220 e. The third kappa shape index (κ3) is 6.91. The van der Waals surface area contributed by atoms with E-state index in [0.717, 1.165) is 30.8 Å². The van der Waals surface area contributed by atoms with E-state index in [1.54, 1.807) is 6.20 Å². The Bertz CT molecular complexity index is 863. The third-order valence-electron chi connectivity index (χ3n) is 6.00. The number of carbonyl (C=O) groups is 1. The van der Waals surface area contributed by atoms with Gasteiger partial charge in [-0.15, -0.1) is 0 Å². The van der Waals surface area contributed by atoms with Crippen LogP contribution < -0.4 is 5.32 Å². The lowest BCUT2D eigenvalue weighted by Crippen LogP contribution is -2.58. The first-order valence-corrected chi connectivity index (χ1v) is 11.8. The van der Waals surface area contributed by atoms with E-state index < -0.39 is 0 Å². The van der Waals surface area contributed by atoms with E-state index in [2.05, 4.69) is 81.0 Å². The van der Waals surface area contributed by atoms with E-state index in [0.29, 0.717) is 31.2 Å². The van der Waals surface area contributed by atoms with Crippen LogP contribution >= 0.6 is 0 Å². The highest BCUT2D eigenvalue weighted by molar-refractivity contribution is 5.76. The van der Waals surface area contributed by atoms with Crippen LogP contribution in [0.4, 0.5) is 0 Å². The summed E-state index contributed by atoms with van der Waals surface area (Å²) in [7, 11) is 0. The number of nitrogens with one attached hydrogen (secondary N) is 1. The second-order valence-electron chi connectivity index (χ2n) is 10.2. The van der Waals surface area contributed by atoms with Crippen LogP contribution in [-0.4, -0.2) is 53.2 Å². The monoisotopic (exact) mass is 441 g/mol. The number of amides is 1. The molecule has 1 aliphatic rings. The maximum Gasteiger partial charge on any atom is 0.220 e. The summed E-state index contributed by atoms with van der Waals surface area (Å²) >= 11 is 0. The summed E-state index contributed by atoms with van der Waals surface area (Å²) in [6.45, 7) is 15.3. The van der Waals surface area contributed by atoms with Crippen LogP contribution in [0.3, 0.4) is 0 Å². The molecule has 1 aromatic heterocycles. The van der Waals surface area contributed by atoms with Crippen LogP contribution in [0.1, 0.15) is 59.4 Å². The van der Waals surface area contributed by atoms with Gasteiger partial charge in [-0.1, -0.05) is 38.1 Å². The molecule has 32 heavy (non-hydrogen) atoms. The van der Waals surface area contributed by atoms with Crippen LogP contribution in [0.15, 0.2) is 34.9 Å². The molecular formula is C26H39N3O3. The summed E-state index contributed by atoms with van der Waals surface area (Å²) in [5.41, 5.74) is 2.21. The number of nitrogens with zero attached hydrogens (tertiary/aromatic N) is 2. The van der Waals surface area contributed by atoms with Crippen molar-refractivity contribution < 1.29 is 13.9 Å². The molecule has 0 aliphatic carbocycles. The SMILES string of the molecule is CC(C)Cc1ccc(-c2cnc(CCC(=O)NCC(C)(C)N3CC(C)OC(C)C3)o2)cc1. The Morgan fingerprint density at radius 1 is 1.19 bits per heavy atom. The molecule has 6 nitrogen and oxygen atoms in total. The molecule has 2 unspecified atom stereocenters. The van der Waals surface area contributed by atoms with Crippen molar-refractivity contribution in [3.05, 3.63) is 41.9 Å². The van der Waals surface area contributed by atoms with Crippen molar-refractivity contribution in [3.8, 4) is 11.3 Å². The van der Waals surface area contributed by atoms with Crippen molar-refractivity contribution in [3.63, 3.8) is 0 Å². The normalized spacial score (nSPS) is 20.0. The Balaban J connectivity index is 1.47. The van der Waals surface area contributed by atoms with Crippen molar-refractivity contribution in [2.24, 2.45) is 5.92 Å². The second-order valence-corrected chi connectivity index (χ2v) is 10.2. The highest BCUT2D eigenvalue weighted by Crippen LogP contribution is 2.23. The van der Waals surface area contributed by atoms with Gasteiger partial charge in [0.2, 0.25) is 5.91 Å². The number of morpholine rings is 1. The van der Waals surface area contributed by atoms with Crippen LogP contribution in [0, 0.1) is 5.92 Å². The summed E-state index contributed by atoms with van der Waals surface area (Å²) in [6.07, 6.45) is 4.08. The number of aromatic nitrogens is 1. The molecule has 1 aromatic carbocycles. The molecule has 2 heterocycles. The van der Waals surface area contributed by atoms with Gasteiger partial charge in [0.15, 0.2) is 11.7 Å². The van der Waals surface area contributed by atoms with E-state index in [-0.39, 0.29) is 23.7 Å². The summed E-state index contributed by atoms with van der Waals surface area (Å²) < 4.78 is 11.7. The number of carbonyl (C=O) groups excluding carboxylic acids is 1. The van der Waals surface area contributed by atoms with Crippen LogP contribution in [0.2, 0.25) is 0 Å². The number of hydrogen-bond donors (Lipinski definition) is 1. The fourth-order valence-electron chi connectivity index (χ4n) is 4.24. The van der Waals surface area contributed by atoms with Crippen LogP contribution in [0.5, 0.6) is 0 Å². The Morgan fingerprint density at radius 2 is 1.84 bits per heavy atom. The topological polar surface area (TPSA) is 67.6 Å². The number of benzene rings is 1. The lowest BCUT2D eigenvalue weighted by atomic mass is 10.00.